The number of rotatable bonds is 9. The molecular formula is C25H28N6O6S2. The molecule has 0 bridgehead atoms. The molecule has 4 heterocycles. The maximum absolute atomic E-state index is 13.2. The molecule has 206 valence electrons. The second kappa shape index (κ2) is 11.2. The van der Waals surface area contributed by atoms with Gasteiger partial charge < -0.3 is 25.9 Å². The summed E-state index contributed by atoms with van der Waals surface area (Å²) in [6.07, 6.45) is 7.33. The summed E-state index contributed by atoms with van der Waals surface area (Å²) in [6, 6.07) is -0.963. The lowest BCUT2D eigenvalue weighted by atomic mass is 10.0. The van der Waals surface area contributed by atoms with Crippen molar-refractivity contribution in [3.05, 3.63) is 46.6 Å². The number of likely N-dealkylation sites (tertiary alicyclic amines) is 1. The number of carboxylic acid groups (broad SMARTS) is 1. The van der Waals surface area contributed by atoms with Crippen molar-refractivity contribution >= 4 is 57.6 Å². The van der Waals surface area contributed by atoms with Crippen LogP contribution in [0.25, 0.3) is 0 Å². The van der Waals surface area contributed by atoms with Gasteiger partial charge in [-0.15, -0.1) is 29.7 Å². The summed E-state index contributed by atoms with van der Waals surface area (Å²) >= 11 is 2.46. The van der Waals surface area contributed by atoms with Crippen molar-refractivity contribution in [3.63, 3.8) is 0 Å². The number of nitrogens with zero attached hydrogens (tertiary/aromatic N) is 4. The summed E-state index contributed by atoms with van der Waals surface area (Å²) in [4.78, 5) is 63.8. The highest BCUT2D eigenvalue weighted by atomic mass is 32.2. The molecule has 5 rings (SSSR count). The molecule has 4 N–H and O–H groups in total. The number of allylic oxidation sites excluding steroid dienone is 1. The molecule has 1 saturated carbocycles. The normalized spacial score (nSPS) is 24.7. The van der Waals surface area contributed by atoms with Gasteiger partial charge in [0.1, 0.15) is 28.9 Å². The van der Waals surface area contributed by atoms with Crippen LogP contribution in [0, 0.1) is 0 Å². The van der Waals surface area contributed by atoms with Crippen LogP contribution in [0.5, 0.6) is 0 Å². The number of β-lactam (4-membered cyclic amide) rings is 1. The number of anilines is 1. The molecule has 1 aliphatic carbocycles. The number of nitrogens with two attached hydrogens (primary N) is 1. The van der Waals surface area contributed by atoms with E-state index in [1.165, 1.54) is 16.7 Å². The molecule has 3 aliphatic heterocycles. The Kier molecular flexibility index (Phi) is 7.75. The van der Waals surface area contributed by atoms with E-state index in [2.05, 4.69) is 22.0 Å². The number of aromatic nitrogens is 1. The highest BCUT2D eigenvalue weighted by Crippen LogP contribution is 2.41. The van der Waals surface area contributed by atoms with Crippen molar-refractivity contribution in [1.29, 1.82) is 0 Å². The smallest absolute Gasteiger partial charge is 0.352 e. The molecule has 2 saturated heterocycles. The first-order valence-electron chi connectivity index (χ1n) is 12.6. The van der Waals surface area contributed by atoms with Gasteiger partial charge in [0.15, 0.2) is 10.8 Å². The number of thiazole rings is 1. The number of nitrogen functional groups attached to an aromatic ring is 1. The Hall–Kier alpha value is -3.65. The first-order valence-corrected chi connectivity index (χ1v) is 14.5. The fourth-order valence-electron chi connectivity index (χ4n) is 5.03. The number of hydrogen-bond acceptors (Lipinski definition) is 10. The van der Waals surface area contributed by atoms with Crippen molar-refractivity contribution in [3.8, 4) is 0 Å². The summed E-state index contributed by atoms with van der Waals surface area (Å²) < 4.78 is 0. The van der Waals surface area contributed by atoms with E-state index in [9.17, 15) is 24.3 Å². The van der Waals surface area contributed by atoms with E-state index in [-0.39, 0.29) is 40.0 Å². The largest absolute Gasteiger partial charge is 0.477 e. The lowest BCUT2D eigenvalue weighted by molar-refractivity contribution is -0.150. The van der Waals surface area contributed by atoms with E-state index < -0.39 is 29.2 Å². The molecule has 14 heteroatoms. The minimum absolute atomic E-state index is 0.0924. The molecule has 4 aliphatic rings. The van der Waals surface area contributed by atoms with Crippen LogP contribution in [0.2, 0.25) is 0 Å². The number of carbonyl (C=O) groups excluding carboxylic acids is 3. The van der Waals surface area contributed by atoms with Gasteiger partial charge in [0.2, 0.25) is 5.91 Å². The third-order valence-electron chi connectivity index (χ3n) is 6.97. The average molecular weight is 573 g/mol. The topological polar surface area (TPSA) is 168 Å². The monoisotopic (exact) mass is 572 g/mol. The van der Waals surface area contributed by atoms with Crippen LogP contribution in [0.4, 0.5) is 5.13 Å². The summed E-state index contributed by atoms with van der Waals surface area (Å²) in [5.74, 6) is -2.41. The first-order chi connectivity index (χ1) is 18.8. The zero-order chi connectivity index (χ0) is 27.7. The Balaban J connectivity index is 1.34. The molecule has 39 heavy (non-hydrogen) atoms. The lowest BCUT2D eigenvalue weighted by Gasteiger charge is -2.49. The van der Waals surface area contributed by atoms with Crippen molar-refractivity contribution < 1.29 is 29.1 Å². The summed E-state index contributed by atoms with van der Waals surface area (Å²) in [7, 11) is 0. The van der Waals surface area contributed by atoms with E-state index in [1.807, 2.05) is 0 Å². The van der Waals surface area contributed by atoms with Crippen LogP contribution in [-0.4, -0.2) is 85.7 Å². The predicted octanol–water partition coefficient (Wildman–Crippen LogP) is 1.47. The molecule has 0 radical (unpaired) electrons. The Bertz CT molecular complexity index is 1310. The number of nitrogens with one attached hydrogen (secondary N) is 1. The van der Waals surface area contributed by atoms with Gasteiger partial charge in [-0.25, -0.2) is 9.78 Å². The lowest BCUT2D eigenvalue weighted by Crippen LogP contribution is -2.71. The van der Waals surface area contributed by atoms with E-state index in [0.717, 1.165) is 37.0 Å². The molecule has 12 nitrogen and oxygen atoms in total. The van der Waals surface area contributed by atoms with E-state index in [1.54, 1.807) is 22.4 Å². The van der Waals surface area contributed by atoms with E-state index >= 15 is 0 Å². The van der Waals surface area contributed by atoms with Gasteiger partial charge in [0, 0.05) is 29.8 Å². The summed E-state index contributed by atoms with van der Waals surface area (Å²) in [5, 5.41) is 17.9. The minimum Gasteiger partial charge on any atom is -0.477 e. The number of hydrogen-bond donors (Lipinski definition) is 3. The average Bonchev–Trinajstić information content (AvgIpc) is 3.66. The molecule has 1 aromatic heterocycles. The van der Waals surface area contributed by atoms with Gasteiger partial charge in [0.25, 0.3) is 11.8 Å². The number of amides is 3. The standard InChI is InChI=1S/C25H28N6O6S2/c1-2-8-30-9-7-13(21(30)33)10-14-11-38-23-18(22(34)31(23)19(14)24(35)36)28-20(32)17(16-12-39-25(26)27-16)29-37-15-5-3-4-6-15/h2,10,12,15,18,23H,1,3-9,11H2,(H2,26,27)(H,28,32)(H,35,36)/b13-10+,29-17-/t18-,23-/m1/s1. The molecule has 3 amide bonds. The van der Waals surface area contributed by atoms with Gasteiger partial charge in [0.05, 0.1) is 0 Å². The summed E-state index contributed by atoms with van der Waals surface area (Å²) in [6.45, 7) is 4.59. The van der Waals surface area contributed by atoms with Crippen molar-refractivity contribution in [2.75, 3.05) is 24.6 Å². The fraction of sp³-hybridized carbons (Fsp3) is 0.440. The van der Waals surface area contributed by atoms with E-state index in [0.29, 0.717) is 30.7 Å². The van der Waals surface area contributed by atoms with Gasteiger partial charge in [-0.05, 0) is 43.8 Å². The fourth-order valence-corrected chi connectivity index (χ4v) is 6.88. The van der Waals surface area contributed by atoms with Gasteiger partial charge in [-0.3, -0.25) is 19.3 Å². The van der Waals surface area contributed by atoms with Crippen LogP contribution in [0.3, 0.4) is 0 Å². The Morgan fingerprint density at radius 2 is 2.10 bits per heavy atom. The van der Waals surface area contributed by atoms with Gasteiger partial charge >= 0.3 is 5.97 Å². The second-order valence-electron chi connectivity index (χ2n) is 9.52. The third-order valence-corrected chi connectivity index (χ3v) is 8.95. The number of fused-ring (bicyclic) bond motifs is 1. The molecule has 1 aromatic rings. The maximum atomic E-state index is 13.2. The molecule has 2 atom stereocenters. The van der Waals surface area contributed by atoms with Crippen molar-refractivity contribution in [2.24, 2.45) is 5.16 Å². The number of thioether (sulfide) groups is 1. The molecule has 0 spiro atoms. The van der Waals surface area contributed by atoms with Crippen LogP contribution in [0.15, 0.2) is 46.1 Å². The van der Waals surface area contributed by atoms with Gasteiger partial charge in [-0.1, -0.05) is 11.2 Å². The zero-order valence-electron chi connectivity index (χ0n) is 21.0. The predicted molar refractivity (Wildman–Crippen MR) is 146 cm³/mol. The van der Waals surface area contributed by atoms with Crippen LogP contribution in [-0.2, 0) is 24.0 Å². The SMILES string of the molecule is C=CCN1CC/C(=C\C2=C(C(=O)O)N3C(=O)[C@@H](NC(=O)/C(=N\OC4CCCC4)c4csc(N)n4)[C@H]3SC2)C1=O. The van der Waals surface area contributed by atoms with Crippen molar-refractivity contribution in [2.45, 2.75) is 49.6 Å². The molecular weight excluding hydrogens is 544 g/mol. The summed E-state index contributed by atoms with van der Waals surface area (Å²) in [5.41, 5.74) is 6.60. The van der Waals surface area contributed by atoms with Crippen molar-refractivity contribution in [1.82, 2.24) is 20.1 Å². The van der Waals surface area contributed by atoms with Crippen LogP contribution < -0.4 is 11.1 Å². The van der Waals surface area contributed by atoms with Gasteiger partial charge in [-0.2, -0.15) is 0 Å². The number of oxime groups is 1. The number of aliphatic carboxylic acids is 1. The molecule has 0 aromatic carbocycles. The highest BCUT2D eigenvalue weighted by molar-refractivity contribution is 8.00. The first kappa shape index (κ1) is 26.9. The maximum Gasteiger partial charge on any atom is 0.352 e. The zero-order valence-corrected chi connectivity index (χ0v) is 22.6. The Morgan fingerprint density at radius 3 is 2.77 bits per heavy atom. The van der Waals surface area contributed by atoms with E-state index in [4.69, 9.17) is 10.6 Å². The second-order valence-corrected chi connectivity index (χ2v) is 11.5. The highest BCUT2D eigenvalue weighted by Gasteiger charge is 2.54. The Labute approximate surface area is 232 Å². The van der Waals surface area contributed by atoms with Crippen LogP contribution in [0.1, 0.15) is 37.8 Å². The quantitative estimate of drug-likeness (QED) is 0.130. The molecule has 3 fully saturated rings. The minimum atomic E-state index is -1.27. The molecule has 0 unspecified atom stereocenters. The number of carboxylic acids is 1. The third kappa shape index (κ3) is 5.30. The van der Waals surface area contributed by atoms with Crippen LogP contribution >= 0.6 is 23.1 Å². The number of carbonyl (C=O) groups is 4. The Morgan fingerprint density at radius 1 is 1.33 bits per heavy atom.